The summed E-state index contributed by atoms with van der Waals surface area (Å²) in [6.07, 6.45) is 0. The normalized spacial score (nSPS) is 10.1. The molecular weight excluding hydrogens is 406 g/mol. The summed E-state index contributed by atoms with van der Waals surface area (Å²) in [5.41, 5.74) is 3.14. The van der Waals surface area contributed by atoms with Crippen molar-refractivity contribution in [2.45, 2.75) is 6.92 Å². The number of aryl methyl sites for hydroxylation is 1. The van der Waals surface area contributed by atoms with Gasteiger partial charge in [0.25, 0.3) is 11.8 Å². The van der Waals surface area contributed by atoms with E-state index in [-0.39, 0.29) is 16.9 Å². The molecule has 29 heavy (non-hydrogen) atoms. The molecule has 0 aliphatic rings. The predicted molar refractivity (Wildman–Crippen MR) is 121 cm³/mol. The van der Waals surface area contributed by atoms with Crippen molar-refractivity contribution in [3.8, 4) is 0 Å². The quantitative estimate of drug-likeness (QED) is 0.515. The molecule has 3 aromatic rings. The van der Waals surface area contributed by atoms with Crippen molar-refractivity contribution in [3.05, 3.63) is 94.5 Å². The Labute approximate surface area is 179 Å². The maximum absolute atomic E-state index is 12.5. The second kappa shape index (κ2) is 9.32. The van der Waals surface area contributed by atoms with Crippen LogP contribution in [0.5, 0.6) is 0 Å². The summed E-state index contributed by atoms with van der Waals surface area (Å²) >= 11 is 11.1. The summed E-state index contributed by atoms with van der Waals surface area (Å²) in [7, 11) is 0. The van der Waals surface area contributed by atoms with E-state index < -0.39 is 0 Å². The van der Waals surface area contributed by atoms with Gasteiger partial charge in [0.05, 0.1) is 0 Å². The molecule has 0 radical (unpaired) electrons. The van der Waals surface area contributed by atoms with E-state index in [2.05, 4.69) is 16.0 Å². The first-order valence-corrected chi connectivity index (χ1v) is 9.56. The van der Waals surface area contributed by atoms with E-state index >= 15 is 0 Å². The van der Waals surface area contributed by atoms with Gasteiger partial charge in [0, 0.05) is 27.5 Å². The van der Waals surface area contributed by atoms with E-state index in [9.17, 15) is 9.59 Å². The third-order valence-electron chi connectivity index (χ3n) is 4.08. The Bertz CT molecular complexity index is 1080. The first kappa shape index (κ1) is 20.5. The number of thiocarbonyl (C=S) groups is 1. The molecule has 0 fully saturated rings. The first-order valence-electron chi connectivity index (χ1n) is 8.77. The number of hydrogen-bond donors (Lipinski definition) is 3. The Morgan fingerprint density at radius 1 is 0.828 bits per heavy atom. The van der Waals surface area contributed by atoms with Crippen molar-refractivity contribution in [2.24, 2.45) is 0 Å². The highest BCUT2D eigenvalue weighted by Crippen LogP contribution is 2.17. The van der Waals surface area contributed by atoms with Gasteiger partial charge in [-0.25, -0.2) is 0 Å². The molecule has 0 heterocycles. The van der Waals surface area contributed by atoms with Crippen molar-refractivity contribution in [1.82, 2.24) is 5.32 Å². The molecule has 0 bridgehead atoms. The van der Waals surface area contributed by atoms with E-state index in [1.54, 1.807) is 54.6 Å². The highest BCUT2D eigenvalue weighted by atomic mass is 35.5. The monoisotopic (exact) mass is 423 g/mol. The lowest BCUT2D eigenvalue weighted by Gasteiger charge is -2.12. The molecule has 0 aromatic heterocycles. The van der Waals surface area contributed by atoms with Crippen LogP contribution < -0.4 is 16.0 Å². The van der Waals surface area contributed by atoms with Crippen LogP contribution in [0.1, 0.15) is 26.3 Å². The minimum atomic E-state index is -0.367. The second-order valence-electron chi connectivity index (χ2n) is 6.27. The molecule has 0 aliphatic carbocycles. The number of carbonyl (C=O) groups is 2. The van der Waals surface area contributed by atoms with E-state index in [4.69, 9.17) is 23.8 Å². The van der Waals surface area contributed by atoms with Crippen LogP contribution in [0, 0.1) is 6.92 Å². The average Bonchev–Trinajstić information content (AvgIpc) is 2.68. The van der Waals surface area contributed by atoms with E-state index in [1.165, 1.54) is 0 Å². The zero-order valence-electron chi connectivity index (χ0n) is 15.5. The van der Waals surface area contributed by atoms with Crippen molar-refractivity contribution in [2.75, 3.05) is 10.6 Å². The van der Waals surface area contributed by atoms with Gasteiger partial charge in [-0.05, 0) is 67.2 Å². The summed E-state index contributed by atoms with van der Waals surface area (Å²) in [4.78, 5) is 24.7. The third-order valence-corrected chi connectivity index (χ3v) is 4.52. The van der Waals surface area contributed by atoms with Gasteiger partial charge in [0.2, 0.25) is 0 Å². The zero-order chi connectivity index (χ0) is 20.8. The van der Waals surface area contributed by atoms with Gasteiger partial charge in [-0.1, -0.05) is 41.9 Å². The molecule has 0 spiro atoms. The molecule has 7 heteroatoms. The lowest BCUT2D eigenvalue weighted by Crippen LogP contribution is -2.34. The molecule has 3 N–H and O–H groups in total. The van der Waals surface area contributed by atoms with Crippen LogP contribution in [0.3, 0.4) is 0 Å². The minimum absolute atomic E-state index is 0.136. The van der Waals surface area contributed by atoms with Crippen LogP contribution in [-0.2, 0) is 0 Å². The van der Waals surface area contributed by atoms with Crippen LogP contribution in [0.25, 0.3) is 0 Å². The van der Waals surface area contributed by atoms with E-state index in [0.29, 0.717) is 27.5 Å². The lowest BCUT2D eigenvalue weighted by atomic mass is 10.1. The number of hydrogen-bond acceptors (Lipinski definition) is 3. The first-order chi connectivity index (χ1) is 13.9. The largest absolute Gasteiger partial charge is 0.332 e. The van der Waals surface area contributed by atoms with Gasteiger partial charge >= 0.3 is 0 Å². The van der Waals surface area contributed by atoms with Crippen LogP contribution in [-0.4, -0.2) is 16.9 Å². The van der Waals surface area contributed by atoms with Crippen LogP contribution in [0.2, 0.25) is 5.02 Å². The van der Waals surface area contributed by atoms with Crippen molar-refractivity contribution < 1.29 is 9.59 Å². The number of anilines is 2. The van der Waals surface area contributed by atoms with E-state index in [1.807, 2.05) is 25.1 Å². The molecule has 0 atom stereocenters. The standard InChI is InChI=1S/C22H18ClN3O2S/c1-14-6-2-3-11-19(14)21(28)24-17-9-5-10-18(13-17)25-22(29)26-20(27)15-7-4-8-16(23)12-15/h2-13H,1H3,(H,24,28)(H2,25,26,27,29). The van der Waals surface area contributed by atoms with Gasteiger partial charge < -0.3 is 10.6 Å². The molecule has 3 rings (SSSR count). The Balaban J connectivity index is 1.63. The molecule has 5 nitrogen and oxygen atoms in total. The SMILES string of the molecule is Cc1ccccc1C(=O)Nc1cccc(NC(=S)NC(=O)c2cccc(Cl)c2)c1. The molecule has 0 saturated carbocycles. The number of halogens is 1. The molecule has 146 valence electrons. The number of carbonyl (C=O) groups excluding carboxylic acids is 2. The zero-order valence-corrected chi connectivity index (χ0v) is 17.1. The Hall–Kier alpha value is -3.22. The number of benzene rings is 3. The third kappa shape index (κ3) is 5.63. The fraction of sp³-hybridized carbons (Fsp3) is 0.0455. The second-order valence-corrected chi connectivity index (χ2v) is 7.11. The highest BCUT2D eigenvalue weighted by molar-refractivity contribution is 7.80. The molecule has 0 saturated heterocycles. The summed E-state index contributed by atoms with van der Waals surface area (Å²) in [5, 5.41) is 9.00. The van der Waals surface area contributed by atoms with Crippen molar-refractivity contribution >= 4 is 52.1 Å². The predicted octanol–water partition coefficient (Wildman–Crippen LogP) is 5.03. The number of rotatable bonds is 4. The fourth-order valence-corrected chi connectivity index (χ4v) is 3.07. The molecule has 2 amide bonds. The molecule has 0 aliphatic heterocycles. The van der Waals surface area contributed by atoms with Gasteiger partial charge in [0.15, 0.2) is 5.11 Å². The topological polar surface area (TPSA) is 70.2 Å². The summed E-state index contributed by atoms with van der Waals surface area (Å²) < 4.78 is 0. The molecule has 0 unspecified atom stereocenters. The lowest BCUT2D eigenvalue weighted by molar-refractivity contribution is 0.0976. The van der Waals surface area contributed by atoms with Crippen LogP contribution >= 0.6 is 23.8 Å². The van der Waals surface area contributed by atoms with Gasteiger partial charge in [-0.15, -0.1) is 0 Å². The smallest absolute Gasteiger partial charge is 0.257 e. The van der Waals surface area contributed by atoms with E-state index in [0.717, 1.165) is 5.56 Å². The Morgan fingerprint density at radius 3 is 2.24 bits per heavy atom. The highest BCUT2D eigenvalue weighted by Gasteiger charge is 2.10. The summed E-state index contributed by atoms with van der Waals surface area (Å²) in [6.45, 7) is 1.88. The maximum Gasteiger partial charge on any atom is 0.257 e. The van der Waals surface area contributed by atoms with Crippen LogP contribution in [0.4, 0.5) is 11.4 Å². The maximum atomic E-state index is 12.5. The van der Waals surface area contributed by atoms with Gasteiger partial charge in [-0.2, -0.15) is 0 Å². The Morgan fingerprint density at radius 2 is 1.52 bits per heavy atom. The fourth-order valence-electron chi connectivity index (χ4n) is 2.67. The van der Waals surface area contributed by atoms with Gasteiger partial charge in [0.1, 0.15) is 0 Å². The van der Waals surface area contributed by atoms with Gasteiger partial charge in [-0.3, -0.25) is 14.9 Å². The van der Waals surface area contributed by atoms with Crippen molar-refractivity contribution in [1.29, 1.82) is 0 Å². The number of amides is 2. The van der Waals surface area contributed by atoms with Crippen LogP contribution in [0.15, 0.2) is 72.8 Å². The molecular formula is C22H18ClN3O2S. The average molecular weight is 424 g/mol. The summed E-state index contributed by atoms with van der Waals surface area (Å²) in [6, 6.07) is 21.0. The number of nitrogens with one attached hydrogen (secondary N) is 3. The molecule has 3 aromatic carbocycles. The Kier molecular flexibility index (Phi) is 6.59. The summed E-state index contributed by atoms with van der Waals surface area (Å²) in [5.74, 6) is -0.564. The van der Waals surface area contributed by atoms with Crippen molar-refractivity contribution in [3.63, 3.8) is 0 Å². The minimum Gasteiger partial charge on any atom is -0.332 e.